The molecule has 1 aromatic carbocycles. The lowest BCUT2D eigenvalue weighted by Gasteiger charge is -2.43. The van der Waals surface area contributed by atoms with E-state index in [0.29, 0.717) is 26.2 Å². The van der Waals surface area contributed by atoms with Gasteiger partial charge in [0.1, 0.15) is 12.4 Å². The van der Waals surface area contributed by atoms with Gasteiger partial charge in [0, 0.05) is 26.2 Å². The minimum absolute atomic E-state index is 0.0826. The summed E-state index contributed by atoms with van der Waals surface area (Å²) >= 11 is 0. The molecule has 7 heteroatoms. The molecule has 1 unspecified atom stereocenters. The van der Waals surface area contributed by atoms with E-state index >= 15 is 0 Å². The molecule has 2 aliphatic rings. The number of likely N-dealkylation sites (N-methyl/N-ethyl adjacent to an activating group) is 1. The van der Waals surface area contributed by atoms with E-state index in [1.54, 1.807) is 17.0 Å². The van der Waals surface area contributed by atoms with Gasteiger partial charge in [-0.2, -0.15) is 0 Å². The predicted molar refractivity (Wildman–Crippen MR) is 84.3 cm³/mol. The van der Waals surface area contributed by atoms with Gasteiger partial charge in [-0.3, -0.25) is 14.4 Å². The monoisotopic (exact) mass is 333 g/mol. The van der Waals surface area contributed by atoms with E-state index < -0.39 is 11.8 Å². The zero-order chi connectivity index (χ0) is 17.3. The van der Waals surface area contributed by atoms with Gasteiger partial charge in [0.25, 0.3) is 0 Å². The fourth-order valence-electron chi connectivity index (χ4n) is 3.14. The van der Waals surface area contributed by atoms with Crippen LogP contribution < -0.4 is 0 Å². The third-order valence-corrected chi connectivity index (χ3v) is 4.70. The van der Waals surface area contributed by atoms with E-state index in [1.807, 2.05) is 6.92 Å². The van der Waals surface area contributed by atoms with Crippen molar-refractivity contribution in [1.82, 2.24) is 14.7 Å². The van der Waals surface area contributed by atoms with Gasteiger partial charge in [0.15, 0.2) is 0 Å². The highest BCUT2D eigenvalue weighted by molar-refractivity contribution is 6.35. The van der Waals surface area contributed by atoms with Crippen molar-refractivity contribution < 1.29 is 18.8 Å². The number of carbonyl (C=O) groups excluding carboxylic acids is 3. The number of likely N-dealkylation sites (tertiary alicyclic amines) is 1. The third kappa shape index (κ3) is 2.98. The Labute approximate surface area is 139 Å². The van der Waals surface area contributed by atoms with E-state index in [9.17, 15) is 18.8 Å². The summed E-state index contributed by atoms with van der Waals surface area (Å²) in [5.74, 6) is -1.65. The van der Waals surface area contributed by atoms with Gasteiger partial charge >= 0.3 is 11.8 Å². The second kappa shape index (κ2) is 6.59. The molecule has 0 N–H and O–H groups in total. The highest BCUT2D eigenvalue weighted by Gasteiger charge is 2.37. The Bertz CT molecular complexity index is 662. The molecule has 6 nitrogen and oxygen atoms in total. The van der Waals surface area contributed by atoms with Crippen LogP contribution in [0.2, 0.25) is 0 Å². The van der Waals surface area contributed by atoms with Gasteiger partial charge in [0.05, 0.1) is 6.04 Å². The van der Waals surface area contributed by atoms with Crippen LogP contribution in [0.1, 0.15) is 24.9 Å². The average Bonchev–Trinajstić information content (AvgIpc) is 2.53. The van der Waals surface area contributed by atoms with Crippen LogP contribution in [0.5, 0.6) is 0 Å². The normalized spacial score (nSPS) is 21.1. The van der Waals surface area contributed by atoms with Crippen molar-refractivity contribution in [3.8, 4) is 0 Å². The first kappa shape index (κ1) is 16.4. The summed E-state index contributed by atoms with van der Waals surface area (Å²) in [6, 6.07) is 6.02. The van der Waals surface area contributed by atoms with Crippen molar-refractivity contribution in [3.05, 3.63) is 35.6 Å². The molecule has 1 aromatic rings. The number of benzene rings is 1. The van der Waals surface area contributed by atoms with E-state index in [2.05, 4.69) is 0 Å². The maximum absolute atomic E-state index is 13.0. The summed E-state index contributed by atoms with van der Waals surface area (Å²) in [6.07, 6.45) is 0.813. The molecule has 2 saturated heterocycles. The summed E-state index contributed by atoms with van der Waals surface area (Å²) in [5, 5.41) is 0. The van der Waals surface area contributed by atoms with Gasteiger partial charge in [0.2, 0.25) is 5.91 Å². The smallest absolute Gasteiger partial charge is 0.312 e. The molecule has 3 amide bonds. The van der Waals surface area contributed by atoms with Crippen LogP contribution in [0.4, 0.5) is 4.39 Å². The molecular weight excluding hydrogens is 313 g/mol. The molecule has 24 heavy (non-hydrogen) atoms. The number of amides is 3. The lowest BCUT2D eigenvalue weighted by atomic mass is 9.94. The number of nitrogens with zero attached hydrogens (tertiary/aromatic N) is 3. The maximum atomic E-state index is 13.0. The van der Waals surface area contributed by atoms with E-state index in [1.165, 1.54) is 21.9 Å². The molecule has 0 bridgehead atoms. The second-order valence-corrected chi connectivity index (χ2v) is 6.05. The maximum Gasteiger partial charge on any atom is 0.312 e. The Morgan fingerprint density at radius 1 is 1.08 bits per heavy atom. The molecule has 1 atom stereocenters. The molecule has 0 aliphatic carbocycles. The van der Waals surface area contributed by atoms with Gasteiger partial charge in [-0.15, -0.1) is 0 Å². The number of rotatable bonds is 4. The van der Waals surface area contributed by atoms with Crippen molar-refractivity contribution >= 4 is 17.7 Å². The van der Waals surface area contributed by atoms with Crippen LogP contribution in [-0.2, 0) is 14.4 Å². The fraction of sp³-hybridized carbons (Fsp3) is 0.471. The van der Waals surface area contributed by atoms with Crippen molar-refractivity contribution in [2.24, 2.45) is 0 Å². The Balaban J connectivity index is 1.62. The van der Waals surface area contributed by atoms with E-state index in [4.69, 9.17) is 0 Å². The zero-order valence-electron chi connectivity index (χ0n) is 13.6. The number of piperazine rings is 1. The molecule has 0 radical (unpaired) electrons. The summed E-state index contributed by atoms with van der Waals surface area (Å²) in [4.78, 5) is 40.9. The first-order chi connectivity index (χ1) is 11.5. The topological polar surface area (TPSA) is 60.9 Å². The molecule has 0 spiro atoms. The second-order valence-electron chi connectivity index (χ2n) is 6.05. The van der Waals surface area contributed by atoms with Crippen LogP contribution in [0.25, 0.3) is 0 Å². The molecule has 0 saturated carbocycles. The minimum atomic E-state index is -0.615. The van der Waals surface area contributed by atoms with Gasteiger partial charge in [-0.25, -0.2) is 4.39 Å². The average molecular weight is 333 g/mol. The van der Waals surface area contributed by atoms with Crippen LogP contribution >= 0.6 is 0 Å². The Morgan fingerprint density at radius 3 is 2.29 bits per heavy atom. The number of hydrogen-bond donors (Lipinski definition) is 0. The number of halogens is 1. The quantitative estimate of drug-likeness (QED) is 0.766. The lowest BCUT2D eigenvalue weighted by Crippen LogP contribution is -2.57. The molecule has 3 rings (SSSR count). The summed E-state index contributed by atoms with van der Waals surface area (Å²) in [5.41, 5.74) is 0.884. The molecule has 0 aromatic heterocycles. The van der Waals surface area contributed by atoms with Gasteiger partial charge in [-0.05, 0) is 31.0 Å². The Kier molecular flexibility index (Phi) is 4.51. The van der Waals surface area contributed by atoms with Crippen LogP contribution in [0.15, 0.2) is 24.3 Å². The zero-order valence-corrected chi connectivity index (χ0v) is 13.6. The molecular formula is C17H20FN3O3. The lowest BCUT2D eigenvalue weighted by molar-refractivity contribution is -0.158. The van der Waals surface area contributed by atoms with Crippen LogP contribution in [0, 0.1) is 5.82 Å². The number of hydrogen-bond acceptors (Lipinski definition) is 3. The Morgan fingerprint density at radius 2 is 1.71 bits per heavy atom. The van der Waals surface area contributed by atoms with Crippen LogP contribution in [-0.4, -0.2) is 65.1 Å². The minimum Gasteiger partial charge on any atom is -0.334 e. The van der Waals surface area contributed by atoms with Gasteiger partial charge in [-0.1, -0.05) is 12.1 Å². The van der Waals surface area contributed by atoms with E-state index in [-0.39, 0.29) is 24.3 Å². The molecule has 2 heterocycles. The van der Waals surface area contributed by atoms with Crippen molar-refractivity contribution in [3.63, 3.8) is 0 Å². The summed E-state index contributed by atoms with van der Waals surface area (Å²) in [7, 11) is 0. The fourth-order valence-corrected chi connectivity index (χ4v) is 3.14. The van der Waals surface area contributed by atoms with Crippen molar-refractivity contribution in [2.45, 2.75) is 19.4 Å². The molecule has 2 fully saturated rings. The highest BCUT2D eigenvalue weighted by Crippen LogP contribution is 2.33. The molecule has 128 valence electrons. The standard InChI is InChI=1S/C17H20FN3O3/c1-2-19-9-10-20(17(24)16(19)23)11-15(22)21-8-7-14(21)12-3-5-13(18)6-4-12/h3-6,14H,2,7-11H2,1H3. The molecule has 2 aliphatic heterocycles. The van der Waals surface area contributed by atoms with Crippen molar-refractivity contribution in [2.75, 3.05) is 32.7 Å². The third-order valence-electron chi connectivity index (χ3n) is 4.70. The largest absolute Gasteiger partial charge is 0.334 e. The Hall–Kier alpha value is -2.44. The SMILES string of the molecule is CCN1CCN(CC(=O)N2CCC2c2ccc(F)cc2)C(=O)C1=O. The highest BCUT2D eigenvalue weighted by atomic mass is 19.1. The summed E-state index contributed by atoms with van der Waals surface area (Å²) < 4.78 is 13.0. The predicted octanol–water partition coefficient (Wildman–Crippen LogP) is 0.790. The summed E-state index contributed by atoms with van der Waals surface area (Å²) in [6.45, 7) is 3.66. The van der Waals surface area contributed by atoms with Crippen LogP contribution in [0.3, 0.4) is 0 Å². The number of carbonyl (C=O) groups is 3. The first-order valence-electron chi connectivity index (χ1n) is 8.14. The van der Waals surface area contributed by atoms with Gasteiger partial charge < -0.3 is 14.7 Å². The van der Waals surface area contributed by atoms with Crippen molar-refractivity contribution in [1.29, 1.82) is 0 Å². The van der Waals surface area contributed by atoms with E-state index in [0.717, 1.165) is 12.0 Å². The first-order valence-corrected chi connectivity index (χ1v) is 8.14.